The number of fused-ring (bicyclic) bond motifs is 1. The molecule has 2 aromatic rings. The van der Waals surface area contributed by atoms with Crippen molar-refractivity contribution in [2.45, 2.75) is 20.0 Å². The summed E-state index contributed by atoms with van der Waals surface area (Å²) in [6.07, 6.45) is -0.110. The molecule has 2 rings (SSSR count). The smallest absolute Gasteiger partial charge is 0.335 e. The number of carboxylic acids is 1. The fourth-order valence-corrected chi connectivity index (χ4v) is 1.70. The largest absolute Gasteiger partial charge is 0.489 e. The molecule has 0 aliphatic rings. The molecule has 5 heteroatoms. The van der Waals surface area contributed by atoms with Crippen molar-refractivity contribution in [1.82, 2.24) is 4.98 Å². The monoisotopic (exact) mass is 247 g/mol. The molecule has 0 amide bonds. The zero-order valence-corrected chi connectivity index (χ0v) is 10.1. The minimum atomic E-state index is -1.03. The highest BCUT2D eigenvalue weighted by molar-refractivity contribution is 5.95. The molecule has 5 nitrogen and oxygen atoms in total. The molecule has 1 aromatic carbocycles. The van der Waals surface area contributed by atoms with Crippen LogP contribution in [0.25, 0.3) is 10.9 Å². The molecule has 0 fully saturated rings. The molecular weight excluding hydrogens is 234 g/mol. The maximum absolute atomic E-state index is 11.3. The summed E-state index contributed by atoms with van der Waals surface area (Å²) in [5, 5.41) is 9.66. The van der Waals surface area contributed by atoms with Crippen molar-refractivity contribution in [2.75, 3.05) is 0 Å². The molecule has 1 heterocycles. The number of pyridine rings is 1. The maximum Gasteiger partial charge on any atom is 0.335 e. The fourth-order valence-electron chi connectivity index (χ4n) is 1.70. The Bertz CT molecular complexity index is 658. The van der Waals surface area contributed by atoms with Gasteiger partial charge in [0.2, 0.25) is 5.56 Å². The predicted molar refractivity (Wildman–Crippen MR) is 67.3 cm³/mol. The van der Waals surface area contributed by atoms with E-state index in [-0.39, 0.29) is 17.2 Å². The molecule has 0 radical (unpaired) electrons. The van der Waals surface area contributed by atoms with E-state index < -0.39 is 5.97 Å². The van der Waals surface area contributed by atoms with Gasteiger partial charge in [-0.05, 0) is 32.0 Å². The maximum atomic E-state index is 11.3. The summed E-state index contributed by atoms with van der Waals surface area (Å²) in [5.41, 5.74) is 0.394. The lowest BCUT2D eigenvalue weighted by Crippen LogP contribution is -2.10. The van der Waals surface area contributed by atoms with Gasteiger partial charge < -0.3 is 14.8 Å². The Kier molecular flexibility index (Phi) is 3.06. The van der Waals surface area contributed by atoms with E-state index in [1.807, 2.05) is 13.8 Å². The summed E-state index contributed by atoms with van der Waals surface area (Å²) in [6.45, 7) is 3.67. The van der Waals surface area contributed by atoms with Gasteiger partial charge in [0.25, 0.3) is 0 Å². The summed E-state index contributed by atoms with van der Waals surface area (Å²) < 4.78 is 5.54. The van der Waals surface area contributed by atoms with Crippen LogP contribution in [0.1, 0.15) is 24.2 Å². The van der Waals surface area contributed by atoms with Gasteiger partial charge in [-0.2, -0.15) is 0 Å². The number of ether oxygens (including phenoxy) is 1. The molecule has 0 unspecified atom stereocenters. The van der Waals surface area contributed by atoms with E-state index >= 15 is 0 Å². The molecule has 0 spiro atoms. The molecule has 0 saturated heterocycles. The van der Waals surface area contributed by atoms with Crippen molar-refractivity contribution in [3.63, 3.8) is 0 Å². The Labute approximate surface area is 103 Å². The first-order chi connectivity index (χ1) is 8.47. The standard InChI is InChI=1S/C13H13NO4/c1-7(2)18-10-6-9(13(16)17)5-8-3-4-11(15)14-12(8)10/h3-7H,1-2H3,(H,14,15)(H,16,17). The molecular formula is C13H13NO4. The van der Waals surface area contributed by atoms with E-state index in [1.54, 1.807) is 6.07 Å². The highest BCUT2D eigenvalue weighted by atomic mass is 16.5. The molecule has 18 heavy (non-hydrogen) atoms. The number of aromatic amines is 1. The van der Waals surface area contributed by atoms with Crippen LogP contribution in [0.3, 0.4) is 0 Å². The first kappa shape index (κ1) is 12.2. The van der Waals surface area contributed by atoms with Gasteiger partial charge in [0.1, 0.15) is 5.75 Å². The number of carbonyl (C=O) groups is 1. The summed E-state index contributed by atoms with van der Waals surface area (Å²) in [7, 11) is 0. The zero-order valence-electron chi connectivity index (χ0n) is 10.1. The van der Waals surface area contributed by atoms with Crippen LogP contribution < -0.4 is 10.3 Å². The Hall–Kier alpha value is -2.30. The van der Waals surface area contributed by atoms with Gasteiger partial charge in [-0.3, -0.25) is 4.79 Å². The van der Waals surface area contributed by atoms with Crippen LogP contribution in [-0.4, -0.2) is 22.2 Å². The first-order valence-corrected chi connectivity index (χ1v) is 5.54. The third kappa shape index (κ3) is 2.34. The quantitative estimate of drug-likeness (QED) is 0.869. The molecule has 1 aromatic heterocycles. The van der Waals surface area contributed by atoms with Gasteiger partial charge in [-0.15, -0.1) is 0 Å². The molecule has 0 aliphatic carbocycles. The van der Waals surface area contributed by atoms with E-state index in [0.717, 1.165) is 0 Å². The number of hydrogen-bond acceptors (Lipinski definition) is 3. The van der Waals surface area contributed by atoms with E-state index in [1.165, 1.54) is 18.2 Å². The molecule has 0 aliphatic heterocycles. The summed E-state index contributed by atoms with van der Waals surface area (Å²) >= 11 is 0. The Morgan fingerprint density at radius 2 is 2.06 bits per heavy atom. The SMILES string of the molecule is CC(C)Oc1cc(C(=O)O)cc2ccc(=O)[nH]c12. The first-order valence-electron chi connectivity index (χ1n) is 5.54. The Morgan fingerprint density at radius 3 is 2.67 bits per heavy atom. The van der Waals surface area contributed by atoms with E-state index in [0.29, 0.717) is 16.7 Å². The third-order valence-electron chi connectivity index (χ3n) is 2.40. The van der Waals surface area contributed by atoms with Gasteiger partial charge in [0.05, 0.1) is 17.2 Å². The summed E-state index contributed by atoms with van der Waals surface area (Å²) in [4.78, 5) is 25.0. The second kappa shape index (κ2) is 4.52. The van der Waals surface area contributed by atoms with Crippen molar-refractivity contribution in [2.24, 2.45) is 0 Å². The summed E-state index contributed by atoms with van der Waals surface area (Å²) in [5.74, 6) is -0.658. The highest BCUT2D eigenvalue weighted by Gasteiger charge is 2.11. The Morgan fingerprint density at radius 1 is 1.33 bits per heavy atom. The second-order valence-corrected chi connectivity index (χ2v) is 4.23. The number of carboxylic acid groups (broad SMARTS) is 1. The average Bonchev–Trinajstić information content (AvgIpc) is 2.28. The van der Waals surface area contributed by atoms with Crippen molar-refractivity contribution in [3.8, 4) is 5.75 Å². The number of aromatic nitrogens is 1. The lowest BCUT2D eigenvalue weighted by atomic mass is 10.1. The molecule has 0 saturated carbocycles. The zero-order chi connectivity index (χ0) is 13.3. The van der Waals surface area contributed by atoms with Gasteiger partial charge in [-0.25, -0.2) is 4.79 Å². The predicted octanol–water partition coefficient (Wildman–Crippen LogP) is 2.01. The number of rotatable bonds is 3. The van der Waals surface area contributed by atoms with E-state index in [9.17, 15) is 9.59 Å². The minimum Gasteiger partial charge on any atom is -0.489 e. The van der Waals surface area contributed by atoms with Crippen molar-refractivity contribution < 1.29 is 14.6 Å². The summed E-state index contributed by atoms with van der Waals surface area (Å²) in [6, 6.07) is 5.85. The average molecular weight is 247 g/mol. The number of aromatic carboxylic acids is 1. The van der Waals surface area contributed by atoms with Crippen LogP contribution in [0.5, 0.6) is 5.75 Å². The van der Waals surface area contributed by atoms with Gasteiger partial charge >= 0.3 is 5.97 Å². The van der Waals surface area contributed by atoms with Crippen LogP contribution in [0.2, 0.25) is 0 Å². The van der Waals surface area contributed by atoms with Crippen molar-refractivity contribution in [1.29, 1.82) is 0 Å². The van der Waals surface area contributed by atoms with Crippen LogP contribution in [0.4, 0.5) is 0 Å². The highest BCUT2D eigenvalue weighted by Crippen LogP contribution is 2.26. The number of benzene rings is 1. The fraction of sp³-hybridized carbons (Fsp3) is 0.231. The number of H-pyrrole nitrogens is 1. The third-order valence-corrected chi connectivity index (χ3v) is 2.40. The molecule has 0 bridgehead atoms. The van der Waals surface area contributed by atoms with E-state index in [2.05, 4.69) is 4.98 Å². The second-order valence-electron chi connectivity index (χ2n) is 4.23. The van der Waals surface area contributed by atoms with Crippen molar-refractivity contribution in [3.05, 3.63) is 40.2 Å². The van der Waals surface area contributed by atoms with Crippen LogP contribution >= 0.6 is 0 Å². The van der Waals surface area contributed by atoms with Gasteiger partial charge in [-0.1, -0.05) is 0 Å². The molecule has 94 valence electrons. The van der Waals surface area contributed by atoms with Crippen molar-refractivity contribution >= 4 is 16.9 Å². The topological polar surface area (TPSA) is 79.4 Å². The molecule has 2 N–H and O–H groups in total. The number of hydrogen-bond donors (Lipinski definition) is 2. The Balaban J connectivity index is 2.72. The van der Waals surface area contributed by atoms with E-state index in [4.69, 9.17) is 9.84 Å². The van der Waals surface area contributed by atoms with Gasteiger partial charge in [0, 0.05) is 11.5 Å². The van der Waals surface area contributed by atoms with Crippen LogP contribution in [0.15, 0.2) is 29.1 Å². The normalized spacial score (nSPS) is 10.8. The lowest BCUT2D eigenvalue weighted by molar-refractivity contribution is 0.0696. The lowest BCUT2D eigenvalue weighted by Gasteiger charge is -2.13. The molecule has 0 atom stereocenters. The van der Waals surface area contributed by atoms with Gasteiger partial charge in [0.15, 0.2) is 0 Å². The minimum absolute atomic E-state index is 0.110. The number of nitrogens with one attached hydrogen (secondary N) is 1. The van der Waals surface area contributed by atoms with Crippen LogP contribution in [0, 0.1) is 0 Å². The van der Waals surface area contributed by atoms with Crippen LogP contribution in [-0.2, 0) is 0 Å².